The molecule has 0 saturated heterocycles. The highest BCUT2D eigenvalue weighted by Gasteiger charge is 2.24. The summed E-state index contributed by atoms with van der Waals surface area (Å²) in [5.41, 5.74) is 1.45. The third-order valence-corrected chi connectivity index (χ3v) is 5.62. The van der Waals surface area contributed by atoms with Crippen LogP contribution in [0.15, 0.2) is 54.6 Å². The van der Waals surface area contributed by atoms with E-state index in [0.29, 0.717) is 11.3 Å². The molecule has 2 aromatic carbocycles. The summed E-state index contributed by atoms with van der Waals surface area (Å²) >= 11 is 0. The van der Waals surface area contributed by atoms with E-state index >= 15 is 0 Å². The minimum Gasteiger partial charge on any atom is -0.497 e. The van der Waals surface area contributed by atoms with E-state index in [4.69, 9.17) is 4.74 Å². The number of methoxy groups -OCH3 is 1. The molecule has 29 heavy (non-hydrogen) atoms. The first-order valence-corrected chi connectivity index (χ1v) is 10.4. The van der Waals surface area contributed by atoms with Crippen LogP contribution in [0.1, 0.15) is 30.5 Å². The lowest BCUT2D eigenvalue weighted by molar-refractivity contribution is -0.121. The van der Waals surface area contributed by atoms with Crippen molar-refractivity contribution in [2.45, 2.75) is 25.9 Å². The van der Waals surface area contributed by atoms with Crippen LogP contribution in [0.2, 0.25) is 0 Å². The van der Waals surface area contributed by atoms with Gasteiger partial charge in [-0.15, -0.1) is 0 Å². The Morgan fingerprint density at radius 2 is 1.69 bits per heavy atom. The van der Waals surface area contributed by atoms with Crippen molar-refractivity contribution in [3.63, 3.8) is 0 Å². The maximum atomic E-state index is 12.5. The fourth-order valence-electron chi connectivity index (χ4n) is 2.71. The average Bonchev–Trinajstić information content (AvgIpc) is 2.67. The molecule has 156 valence electrons. The van der Waals surface area contributed by atoms with Gasteiger partial charge in [-0.2, -0.15) is 12.7 Å². The molecule has 1 unspecified atom stereocenters. The lowest BCUT2D eigenvalue weighted by Crippen LogP contribution is -2.42. The molecule has 2 amide bonds. The lowest BCUT2D eigenvalue weighted by Gasteiger charge is -2.21. The van der Waals surface area contributed by atoms with Crippen LogP contribution in [-0.4, -0.2) is 38.7 Å². The van der Waals surface area contributed by atoms with Crippen molar-refractivity contribution < 1.29 is 22.7 Å². The molecule has 0 heterocycles. The molecule has 0 aliphatic carbocycles. The number of rotatable bonds is 9. The molecule has 0 bridgehead atoms. The van der Waals surface area contributed by atoms with Gasteiger partial charge in [0, 0.05) is 20.5 Å². The van der Waals surface area contributed by atoms with Crippen LogP contribution in [0.5, 0.6) is 5.75 Å². The van der Waals surface area contributed by atoms with Gasteiger partial charge in [0.2, 0.25) is 11.8 Å². The van der Waals surface area contributed by atoms with E-state index in [-0.39, 0.29) is 18.9 Å². The van der Waals surface area contributed by atoms with Gasteiger partial charge in [0.05, 0.1) is 19.6 Å². The normalized spacial score (nSPS) is 12.3. The van der Waals surface area contributed by atoms with Crippen LogP contribution in [-0.2, 0) is 26.3 Å². The Morgan fingerprint density at radius 1 is 1.07 bits per heavy atom. The quantitative estimate of drug-likeness (QED) is 0.644. The Labute approximate surface area is 171 Å². The molecule has 1 atom stereocenters. The Hall–Kier alpha value is -2.91. The van der Waals surface area contributed by atoms with Gasteiger partial charge >= 0.3 is 10.2 Å². The molecule has 2 aromatic rings. The largest absolute Gasteiger partial charge is 0.497 e. The Balaban J connectivity index is 2.06. The summed E-state index contributed by atoms with van der Waals surface area (Å²) in [6.45, 7) is 1.45. The molecule has 0 aliphatic heterocycles. The first kappa shape index (κ1) is 22.4. The van der Waals surface area contributed by atoms with E-state index in [1.165, 1.54) is 21.1 Å². The highest BCUT2D eigenvalue weighted by atomic mass is 32.2. The molecule has 9 heteroatoms. The number of hydrogen-bond donors (Lipinski definition) is 2. The predicted octanol–water partition coefficient (Wildman–Crippen LogP) is 1.76. The molecule has 0 radical (unpaired) electrons. The van der Waals surface area contributed by atoms with Crippen LogP contribution in [0.3, 0.4) is 0 Å². The van der Waals surface area contributed by atoms with Crippen molar-refractivity contribution in [2.75, 3.05) is 14.2 Å². The summed E-state index contributed by atoms with van der Waals surface area (Å²) in [5.74, 6) is -0.424. The number of benzene rings is 2. The number of nitrogens with one attached hydrogen (secondary N) is 2. The molecular formula is C20H25N3O5S. The Kier molecular flexibility index (Phi) is 7.74. The standard InChI is InChI=1S/C20H25N3O5S/c1-15(24)21-19(17-9-11-18(28-3)12-10-17)13-20(25)22-29(26,27)23(2)14-16-7-5-4-6-8-16/h4-12,19H,13-14H2,1-3H3,(H,21,24)(H,22,25). The molecule has 0 aromatic heterocycles. The SMILES string of the molecule is COc1ccc(C(CC(=O)NS(=O)(=O)N(C)Cc2ccccc2)NC(C)=O)cc1. The van der Waals surface area contributed by atoms with Gasteiger partial charge in [0.25, 0.3) is 0 Å². The van der Waals surface area contributed by atoms with Gasteiger partial charge in [0.1, 0.15) is 5.75 Å². The van der Waals surface area contributed by atoms with E-state index < -0.39 is 22.2 Å². The van der Waals surface area contributed by atoms with Gasteiger partial charge in [-0.25, -0.2) is 4.72 Å². The van der Waals surface area contributed by atoms with Crippen molar-refractivity contribution >= 4 is 22.0 Å². The van der Waals surface area contributed by atoms with Gasteiger partial charge in [-0.1, -0.05) is 42.5 Å². The fourth-order valence-corrected chi connectivity index (χ4v) is 3.55. The molecule has 8 nitrogen and oxygen atoms in total. The van der Waals surface area contributed by atoms with Crippen molar-refractivity contribution in [3.05, 3.63) is 65.7 Å². The summed E-state index contributed by atoms with van der Waals surface area (Å²) in [4.78, 5) is 23.9. The van der Waals surface area contributed by atoms with Crippen molar-refractivity contribution in [3.8, 4) is 5.75 Å². The van der Waals surface area contributed by atoms with Crippen LogP contribution in [0.25, 0.3) is 0 Å². The number of amides is 2. The highest BCUT2D eigenvalue weighted by molar-refractivity contribution is 7.87. The monoisotopic (exact) mass is 419 g/mol. The van der Waals surface area contributed by atoms with Crippen LogP contribution >= 0.6 is 0 Å². The number of carbonyl (C=O) groups is 2. The van der Waals surface area contributed by atoms with E-state index in [1.807, 2.05) is 6.07 Å². The molecular weight excluding hydrogens is 394 g/mol. The van der Waals surface area contributed by atoms with E-state index in [0.717, 1.165) is 9.87 Å². The smallest absolute Gasteiger partial charge is 0.303 e. The van der Waals surface area contributed by atoms with E-state index in [2.05, 4.69) is 10.0 Å². The maximum Gasteiger partial charge on any atom is 0.303 e. The van der Waals surface area contributed by atoms with Gasteiger partial charge in [0.15, 0.2) is 0 Å². The van der Waals surface area contributed by atoms with Gasteiger partial charge < -0.3 is 10.1 Å². The summed E-state index contributed by atoms with van der Waals surface area (Å²) in [6, 6.07) is 15.2. The minimum absolute atomic E-state index is 0.122. The molecule has 2 rings (SSSR count). The van der Waals surface area contributed by atoms with Crippen molar-refractivity contribution in [2.24, 2.45) is 0 Å². The van der Waals surface area contributed by atoms with Gasteiger partial charge in [-0.3, -0.25) is 9.59 Å². The second-order valence-corrected chi connectivity index (χ2v) is 8.28. The van der Waals surface area contributed by atoms with Gasteiger partial charge in [-0.05, 0) is 23.3 Å². The van der Waals surface area contributed by atoms with E-state index in [9.17, 15) is 18.0 Å². The van der Waals surface area contributed by atoms with E-state index in [1.54, 1.807) is 48.5 Å². The zero-order valence-electron chi connectivity index (χ0n) is 16.6. The molecule has 0 saturated carbocycles. The average molecular weight is 420 g/mol. The zero-order valence-corrected chi connectivity index (χ0v) is 17.4. The van der Waals surface area contributed by atoms with Crippen molar-refractivity contribution in [1.82, 2.24) is 14.3 Å². The lowest BCUT2D eigenvalue weighted by atomic mass is 10.0. The fraction of sp³-hybridized carbons (Fsp3) is 0.300. The number of hydrogen-bond acceptors (Lipinski definition) is 5. The molecule has 0 fully saturated rings. The second-order valence-electron chi connectivity index (χ2n) is 6.50. The topological polar surface area (TPSA) is 105 Å². The molecule has 0 spiro atoms. The first-order chi connectivity index (χ1) is 13.7. The van der Waals surface area contributed by atoms with Crippen LogP contribution < -0.4 is 14.8 Å². The number of carbonyl (C=O) groups excluding carboxylic acids is 2. The van der Waals surface area contributed by atoms with Crippen molar-refractivity contribution in [1.29, 1.82) is 0 Å². The van der Waals surface area contributed by atoms with Crippen LogP contribution in [0, 0.1) is 0 Å². The molecule has 2 N–H and O–H groups in total. The first-order valence-electron chi connectivity index (χ1n) is 8.93. The zero-order chi connectivity index (χ0) is 21.4. The maximum absolute atomic E-state index is 12.5. The second kappa shape index (κ2) is 10.0. The van der Waals surface area contributed by atoms with Crippen LogP contribution in [0.4, 0.5) is 0 Å². The Morgan fingerprint density at radius 3 is 2.24 bits per heavy atom. The summed E-state index contributed by atoms with van der Waals surface area (Å²) in [5, 5.41) is 2.67. The third-order valence-electron chi connectivity index (χ3n) is 4.19. The highest BCUT2D eigenvalue weighted by Crippen LogP contribution is 2.20. The third kappa shape index (κ3) is 6.88. The predicted molar refractivity (Wildman–Crippen MR) is 109 cm³/mol. The summed E-state index contributed by atoms with van der Waals surface area (Å²) in [6.07, 6.45) is -0.232. The Bertz CT molecular complexity index is 930. The summed E-state index contributed by atoms with van der Waals surface area (Å²) < 4.78 is 33.1. The summed E-state index contributed by atoms with van der Waals surface area (Å²) in [7, 11) is -1.10. The molecule has 0 aliphatic rings. The minimum atomic E-state index is -4.02. The number of nitrogens with zero attached hydrogens (tertiary/aromatic N) is 1. The number of ether oxygens (including phenoxy) is 1.